The van der Waals surface area contributed by atoms with E-state index in [-0.39, 0.29) is 11.8 Å². The summed E-state index contributed by atoms with van der Waals surface area (Å²) in [5, 5.41) is 2.81. The van der Waals surface area contributed by atoms with Gasteiger partial charge < -0.3 is 10.2 Å². The van der Waals surface area contributed by atoms with E-state index < -0.39 is 11.6 Å². The quantitative estimate of drug-likeness (QED) is 0.862. The van der Waals surface area contributed by atoms with Crippen molar-refractivity contribution in [2.75, 3.05) is 6.54 Å². The first-order chi connectivity index (χ1) is 9.97. The molecule has 1 saturated heterocycles. The Hall–Kier alpha value is -2.28. The maximum atomic E-state index is 12.6. The SMILES string of the molecule is CC#CCCN1C(=O)C(C)(C)NC(=O)C1c1ccccc1. The number of carbonyl (C=O) groups excluding carboxylic acids is 2. The molecule has 2 rings (SSSR count). The largest absolute Gasteiger partial charge is 0.340 e. The number of nitrogens with zero attached hydrogens (tertiary/aromatic N) is 1. The molecule has 1 unspecified atom stereocenters. The number of hydrogen-bond donors (Lipinski definition) is 1. The van der Waals surface area contributed by atoms with Gasteiger partial charge in [-0.1, -0.05) is 30.3 Å². The number of carbonyl (C=O) groups is 2. The Kier molecular flexibility index (Phi) is 4.32. The number of rotatable bonds is 3. The lowest BCUT2D eigenvalue weighted by atomic mass is 9.93. The number of amides is 2. The molecule has 1 heterocycles. The normalized spacial score (nSPS) is 20.5. The number of benzene rings is 1. The number of nitrogens with one attached hydrogen (secondary N) is 1. The van der Waals surface area contributed by atoms with Gasteiger partial charge >= 0.3 is 0 Å². The fourth-order valence-corrected chi connectivity index (χ4v) is 2.55. The van der Waals surface area contributed by atoms with E-state index in [4.69, 9.17) is 0 Å². The fraction of sp³-hybridized carbons (Fsp3) is 0.412. The summed E-state index contributed by atoms with van der Waals surface area (Å²) in [6.07, 6.45) is 0.564. The average Bonchev–Trinajstić information content (AvgIpc) is 2.45. The minimum Gasteiger partial charge on any atom is -0.340 e. The van der Waals surface area contributed by atoms with E-state index in [2.05, 4.69) is 17.2 Å². The molecule has 1 N–H and O–H groups in total. The fourth-order valence-electron chi connectivity index (χ4n) is 2.55. The van der Waals surface area contributed by atoms with Crippen molar-refractivity contribution in [3.63, 3.8) is 0 Å². The molecule has 0 spiro atoms. The number of piperazine rings is 1. The van der Waals surface area contributed by atoms with E-state index in [0.717, 1.165) is 5.56 Å². The molecule has 0 radical (unpaired) electrons. The molecule has 1 aliphatic heterocycles. The maximum Gasteiger partial charge on any atom is 0.248 e. The van der Waals surface area contributed by atoms with Crippen molar-refractivity contribution in [1.82, 2.24) is 10.2 Å². The van der Waals surface area contributed by atoms with Gasteiger partial charge in [-0.25, -0.2) is 0 Å². The lowest BCUT2D eigenvalue weighted by molar-refractivity contribution is -0.153. The van der Waals surface area contributed by atoms with Gasteiger partial charge in [0.05, 0.1) is 0 Å². The van der Waals surface area contributed by atoms with Gasteiger partial charge in [0, 0.05) is 13.0 Å². The van der Waals surface area contributed by atoms with E-state index >= 15 is 0 Å². The van der Waals surface area contributed by atoms with Crippen LogP contribution in [0.2, 0.25) is 0 Å². The molecule has 1 aliphatic rings. The van der Waals surface area contributed by atoms with E-state index in [1.54, 1.807) is 25.7 Å². The van der Waals surface area contributed by atoms with E-state index in [1.807, 2.05) is 30.3 Å². The van der Waals surface area contributed by atoms with Crippen LogP contribution in [0.3, 0.4) is 0 Å². The first-order valence-electron chi connectivity index (χ1n) is 7.05. The van der Waals surface area contributed by atoms with Crippen LogP contribution in [-0.4, -0.2) is 28.8 Å². The summed E-state index contributed by atoms with van der Waals surface area (Å²) in [6.45, 7) is 5.68. The lowest BCUT2D eigenvalue weighted by Gasteiger charge is -2.42. The van der Waals surface area contributed by atoms with Crippen molar-refractivity contribution < 1.29 is 9.59 Å². The molecule has 110 valence electrons. The highest BCUT2D eigenvalue weighted by Crippen LogP contribution is 2.29. The molecule has 2 amide bonds. The molecule has 21 heavy (non-hydrogen) atoms. The highest BCUT2D eigenvalue weighted by molar-refractivity contribution is 5.99. The van der Waals surface area contributed by atoms with Gasteiger partial charge in [-0.2, -0.15) is 0 Å². The smallest absolute Gasteiger partial charge is 0.248 e. The molecule has 1 aromatic carbocycles. The molecule has 4 heteroatoms. The maximum absolute atomic E-state index is 12.6. The second-order valence-electron chi connectivity index (χ2n) is 5.60. The first-order valence-corrected chi connectivity index (χ1v) is 7.05. The predicted octanol–water partition coefficient (Wildman–Crippen LogP) is 1.88. The van der Waals surface area contributed by atoms with Gasteiger partial charge in [0.15, 0.2) is 0 Å². The standard InChI is InChI=1S/C17H20N2O2/c1-4-5-9-12-19-14(13-10-7-6-8-11-13)15(20)18-17(2,3)16(19)21/h6-8,10-11,14H,9,12H2,1-3H3,(H,18,20). The Bertz CT molecular complexity index is 596. The second kappa shape index (κ2) is 6.01. The monoisotopic (exact) mass is 284 g/mol. The summed E-state index contributed by atoms with van der Waals surface area (Å²) in [7, 11) is 0. The Balaban J connectivity index is 2.36. The Morgan fingerprint density at radius 3 is 2.52 bits per heavy atom. The lowest BCUT2D eigenvalue weighted by Crippen LogP contribution is -2.64. The van der Waals surface area contributed by atoms with Crippen LogP contribution >= 0.6 is 0 Å². The topological polar surface area (TPSA) is 49.4 Å². The number of hydrogen-bond acceptors (Lipinski definition) is 2. The third kappa shape index (κ3) is 3.08. The van der Waals surface area contributed by atoms with Gasteiger partial charge in [0.1, 0.15) is 11.6 Å². The highest BCUT2D eigenvalue weighted by Gasteiger charge is 2.45. The van der Waals surface area contributed by atoms with Crippen LogP contribution in [0.15, 0.2) is 30.3 Å². The summed E-state index contributed by atoms with van der Waals surface area (Å²) in [4.78, 5) is 26.7. The Morgan fingerprint density at radius 2 is 1.90 bits per heavy atom. The van der Waals surface area contributed by atoms with Crippen LogP contribution in [0.5, 0.6) is 0 Å². The zero-order valence-electron chi connectivity index (χ0n) is 12.6. The van der Waals surface area contributed by atoms with Crippen LogP contribution < -0.4 is 5.32 Å². The average molecular weight is 284 g/mol. The van der Waals surface area contributed by atoms with Crippen molar-refractivity contribution in [1.29, 1.82) is 0 Å². The molecule has 0 bridgehead atoms. The summed E-state index contributed by atoms with van der Waals surface area (Å²) in [5.74, 6) is 5.56. The van der Waals surface area contributed by atoms with Gasteiger partial charge in [-0.3, -0.25) is 9.59 Å². The third-order valence-corrected chi connectivity index (χ3v) is 3.56. The van der Waals surface area contributed by atoms with Crippen LogP contribution in [-0.2, 0) is 9.59 Å². The van der Waals surface area contributed by atoms with Crippen molar-refractivity contribution in [3.8, 4) is 11.8 Å². The van der Waals surface area contributed by atoms with Gasteiger partial charge in [-0.05, 0) is 26.3 Å². The molecule has 1 fully saturated rings. The molecule has 0 aliphatic carbocycles. The molecule has 4 nitrogen and oxygen atoms in total. The van der Waals surface area contributed by atoms with Gasteiger partial charge in [-0.15, -0.1) is 11.8 Å². The van der Waals surface area contributed by atoms with Gasteiger partial charge in [0.2, 0.25) is 11.8 Å². The van der Waals surface area contributed by atoms with Crippen LogP contribution in [0, 0.1) is 11.8 Å². The molecule has 0 saturated carbocycles. The zero-order valence-corrected chi connectivity index (χ0v) is 12.6. The van der Waals surface area contributed by atoms with Crippen LogP contribution in [0.1, 0.15) is 38.8 Å². The predicted molar refractivity (Wildman–Crippen MR) is 81.2 cm³/mol. The van der Waals surface area contributed by atoms with Crippen LogP contribution in [0.25, 0.3) is 0 Å². The Morgan fingerprint density at radius 1 is 1.24 bits per heavy atom. The first kappa shape index (κ1) is 15.1. The van der Waals surface area contributed by atoms with Crippen molar-refractivity contribution >= 4 is 11.8 Å². The summed E-state index contributed by atoms with van der Waals surface area (Å²) < 4.78 is 0. The molecule has 1 aromatic rings. The summed E-state index contributed by atoms with van der Waals surface area (Å²) in [6, 6.07) is 8.80. The molecular weight excluding hydrogens is 264 g/mol. The van der Waals surface area contributed by atoms with Crippen molar-refractivity contribution in [2.24, 2.45) is 0 Å². The minimum absolute atomic E-state index is 0.0751. The molecule has 1 atom stereocenters. The van der Waals surface area contributed by atoms with Gasteiger partial charge in [0.25, 0.3) is 0 Å². The highest BCUT2D eigenvalue weighted by atomic mass is 16.2. The van der Waals surface area contributed by atoms with Crippen LogP contribution in [0.4, 0.5) is 0 Å². The molecular formula is C17H20N2O2. The van der Waals surface area contributed by atoms with E-state index in [1.165, 1.54) is 0 Å². The third-order valence-electron chi connectivity index (χ3n) is 3.56. The second-order valence-corrected chi connectivity index (χ2v) is 5.60. The molecule has 0 aromatic heterocycles. The summed E-state index contributed by atoms with van der Waals surface area (Å²) >= 11 is 0. The van der Waals surface area contributed by atoms with E-state index in [9.17, 15) is 9.59 Å². The Labute approximate surface area is 125 Å². The summed E-state index contributed by atoms with van der Waals surface area (Å²) in [5.41, 5.74) is -0.0505. The zero-order chi connectivity index (χ0) is 15.5. The van der Waals surface area contributed by atoms with E-state index in [0.29, 0.717) is 13.0 Å². The van der Waals surface area contributed by atoms with Crippen molar-refractivity contribution in [3.05, 3.63) is 35.9 Å². The minimum atomic E-state index is -0.873. The van der Waals surface area contributed by atoms with Crippen molar-refractivity contribution in [2.45, 2.75) is 38.8 Å².